The second kappa shape index (κ2) is 8.63. The molecule has 4 heteroatoms. The van der Waals surface area contributed by atoms with Gasteiger partial charge in [0.2, 0.25) is 0 Å². The first-order valence-electron chi connectivity index (χ1n) is 13.2. The number of rotatable bonds is 6. The lowest BCUT2D eigenvalue weighted by Gasteiger charge is -2.62. The molecule has 0 saturated heterocycles. The van der Waals surface area contributed by atoms with E-state index >= 15 is 0 Å². The van der Waals surface area contributed by atoms with Gasteiger partial charge in [-0.2, -0.15) is 0 Å². The van der Waals surface area contributed by atoms with Crippen molar-refractivity contribution in [1.82, 2.24) is 0 Å². The van der Waals surface area contributed by atoms with Crippen molar-refractivity contribution in [3.05, 3.63) is 0 Å². The SMILES string of the molecule is C[C@@H](CCC[C@H](C)[C@H]1CC[C@H]2[C@@H]3[C@H](O)C[C@@H]4C[C@H](O)CC[C@]4(C)[C@H]3CC[C@]12C)C(=O)O. The average Bonchev–Trinajstić information content (AvgIpc) is 3.06. The third kappa shape index (κ3) is 3.98. The van der Waals surface area contributed by atoms with Gasteiger partial charge in [-0.3, -0.25) is 4.79 Å². The van der Waals surface area contributed by atoms with Crippen LogP contribution in [0.25, 0.3) is 0 Å². The Hall–Kier alpha value is -0.610. The Morgan fingerprint density at radius 1 is 0.935 bits per heavy atom. The highest BCUT2D eigenvalue weighted by atomic mass is 16.4. The third-order valence-electron chi connectivity index (χ3n) is 11.1. The number of fused-ring (bicyclic) bond motifs is 5. The van der Waals surface area contributed by atoms with E-state index in [1.807, 2.05) is 6.92 Å². The van der Waals surface area contributed by atoms with E-state index in [0.29, 0.717) is 46.3 Å². The van der Waals surface area contributed by atoms with Gasteiger partial charge < -0.3 is 15.3 Å². The van der Waals surface area contributed by atoms with Crippen molar-refractivity contribution in [2.45, 2.75) is 111 Å². The summed E-state index contributed by atoms with van der Waals surface area (Å²) in [6.07, 6.45) is 11.4. The molecule has 3 N–H and O–H groups in total. The minimum absolute atomic E-state index is 0.170. The van der Waals surface area contributed by atoms with Crippen LogP contribution in [0.4, 0.5) is 0 Å². The molecule has 0 aliphatic heterocycles. The van der Waals surface area contributed by atoms with E-state index < -0.39 is 5.97 Å². The van der Waals surface area contributed by atoms with Gasteiger partial charge in [0, 0.05) is 0 Å². The Kier molecular flexibility index (Phi) is 6.55. The Labute approximate surface area is 189 Å². The van der Waals surface area contributed by atoms with Gasteiger partial charge in [0.1, 0.15) is 0 Å². The van der Waals surface area contributed by atoms with Crippen molar-refractivity contribution >= 4 is 5.97 Å². The highest BCUT2D eigenvalue weighted by Crippen LogP contribution is 2.68. The van der Waals surface area contributed by atoms with E-state index in [1.54, 1.807) is 0 Å². The Morgan fingerprint density at radius 3 is 2.32 bits per heavy atom. The van der Waals surface area contributed by atoms with E-state index in [-0.39, 0.29) is 18.1 Å². The molecular formula is C27H46O4. The van der Waals surface area contributed by atoms with Crippen LogP contribution in [0.1, 0.15) is 98.3 Å². The van der Waals surface area contributed by atoms with Crippen LogP contribution in [0.2, 0.25) is 0 Å². The number of aliphatic carboxylic acids is 1. The van der Waals surface area contributed by atoms with Crippen LogP contribution in [0.15, 0.2) is 0 Å². The monoisotopic (exact) mass is 434 g/mol. The maximum Gasteiger partial charge on any atom is 0.306 e. The molecule has 178 valence electrons. The van der Waals surface area contributed by atoms with Crippen molar-refractivity contribution in [2.75, 3.05) is 0 Å². The van der Waals surface area contributed by atoms with E-state index in [0.717, 1.165) is 44.9 Å². The van der Waals surface area contributed by atoms with Gasteiger partial charge in [-0.1, -0.05) is 40.5 Å². The standard InChI is InChI=1S/C27H46O4/c1-16(6-5-7-17(2)25(30)31)20-8-9-21-24-22(11-13-27(20,21)4)26(3)12-10-19(28)14-18(26)15-23(24)29/h16-24,28-29H,5-15H2,1-4H3,(H,30,31)/t16-,17-,18-,19+,20+,21-,22-,23+,24-,26-,27+/m0/s1. The first-order chi connectivity index (χ1) is 14.6. The maximum atomic E-state index is 11.3. The smallest absolute Gasteiger partial charge is 0.306 e. The predicted octanol–water partition coefficient (Wildman–Crippen LogP) is 5.50. The molecule has 4 saturated carbocycles. The summed E-state index contributed by atoms with van der Waals surface area (Å²) >= 11 is 0. The topological polar surface area (TPSA) is 77.8 Å². The van der Waals surface area contributed by atoms with Gasteiger partial charge in [0.05, 0.1) is 18.1 Å². The zero-order valence-corrected chi connectivity index (χ0v) is 20.2. The number of aliphatic hydroxyl groups excluding tert-OH is 2. The molecule has 0 amide bonds. The quantitative estimate of drug-likeness (QED) is 0.515. The summed E-state index contributed by atoms with van der Waals surface area (Å²) in [5, 5.41) is 30.8. The second-order valence-corrected chi connectivity index (χ2v) is 12.6. The fraction of sp³-hybridized carbons (Fsp3) is 0.963. The molecule has 0 radical (unpaired) electrons. The van der Waals surface area contributed by atoms with Crippen LogP contribution in [0.3, 0.4) is 0 Å². The number of hydrogen-bond acceptors (Lipinski definition) is 3. The molecule has 0 aromatic heterocycles. The molecule has 0 bridgehead atoms. The summed E-state index contributed by atoms with van der Waals surface area (Å²) in [7, 11) is 0. The molecule has 4 aliphatic rings. The molecule has 0 heterocycles. The fourth-order valence-corrected chi connectivity index (χ4v) is 9.25. The second-order valence-electron chi connectivity index (χ2n) is 12.6. The highest BCUT2D eigenvalue weighted by molar-refractivity contribution is 5.69. The Balaban J connectivity index is 1.46. The van der Waals surface area contributed by atoms with Gasteiger partial charge in [0.25, 0.3) is 0 Å². The molecule has 0 unspecified atom stereocenters. The molecular weight excluding hydrogens is 388 g/mol. The fourth-order valence-electron chi connectivity index (χ4n) is 9.25. The maximum absolute atomic E-state index is 11.3. The highest BCUT2D eigenvalue weighted by Gasteiger charge is 2.62. The lowest BCUT2D eigenvalue weighted by molar-refractivity contribution is -0.174. The summed E-state index contributed by atoms with van der Waals surface area (Å²) in [4.78, 5) is 11.1. The van der Waals surface area contributed by atoms with Crippen molar-refractivity contribution in [1.29, 1.82) is 0 Å². The van der Waals surface area contributed by atoms with E-state index in [1.165, 1.54) is 25.7 Å². The molecule has 4 fully saturated rings. The summed E-state index contributed by atoms with van der Waals surface area (Å²) in [6, 6.07) is 0. The van der Waals surface area contributed by atoms with Crippen LogP contribution in [-0.2, 0) is 4.79 Å². The molecule has 4 nitrogen and oxygen atoms in total. The molecule has 0 spiro atoms. The van der Waals surface area contributed by atoms with Gasteiger partial charge in [-0.05, 0) is 104 Å². The zero-order chi connectivity index (χ0) is 22.6. The number of carboxylic acid groups (broad SMARTS) is 1. The van der Waals surface area contributed by atoms with Crippen LogP contribution < -0.4 is 0 Å². The number of carboxylic acids is 1. The van der Waals surface area contributed by atoms with Crippen LogP contribution >= 0.6 is 0 Å². The van der Waals surface area contributed by atoms with E-state index in [2.05, 4.69) is 20.8 Å². The van der Waals surface area contributed by atoms with Gasteiger partial charge >= 0.3 is 5.97 Å². The molecule has 11 atom stereocenters. The summed E-state index contributed by atoms with van der Waals surface area (Å²) < 4.78 is 0. The van der Waals surface area contributed by atoms with Crippen molar-refractivity contribution in [3.63, 3.8) is 0 Å². The summed E-state index contributed by atoms with van der Waals surface area (Å²) in [6.45, 7) is 9.22. The van der Waals surface area contributed by atoms with Crippen LogP contribution in [0, 0.1) is 52.3 Å². The third-order valence-corrected chi connectivity index (χ3v) is 11.1. The van der Waals surface area contributed by atoms with E-state index in [9.17, 15) is 15.0 Å². The molecule has 0 aromatic carbocycles. The predicted molar refractivity (Wildman–Crippen MR) is 122 cm³/mol. The normalized spacial score (nSPS) is 48.9. The summed E-state index contributed by atoms with van der Waals surface area (Å²) in [5.74, 6) is 2.55. The zero-order valence-electron chi connectivity index (χ0n) is 20.2. The first-order valence-corrected chi connectivity index (χ1v) is 13.2. The number of hydrogen-bond donors (Lipinski definition) is 3. The Bertz CT molecular complexity index is 664. The van der Waals surface area contributed by atoms with Gasteiger partial charge in [-0.25, -0.2) is 0 Å². The Morgan fingerprint density at radius 2 is 1.61 bits per heavy atom. The van der Waals surface area contributed by atoms with Crippen molar-refractivity contribution in [2.24, 2.45) is 52.3 Å². The van der Waals surface area contributed by atoms with Gasteiger partial charge in [0.15, 0.2) is 0 Å². The lowest BCUT2D eigenvalue weighted by Crippen LogP contribution is -2.58. The minimum atomic E-state index is -0.674. The first kappa shape index (κ1) is 23.5. The largest absolute Gasteiger partial charge is 0.481 e. The van der Waals surface area contributed by atoms with Crippen molar-refractivity contribution in [3.8, 4) is 0 Å². The molecule has 31 heavy (non-hydrogen) atoms. The van der Waals surface area contributed by atoms with Gasteiger partial charge in [-0.15, -0.1) is 0 Å². The number of aliphatic hydroxyl groups is 2. The van der Waals surface area contributed by atoms with Crippen LogP contribution in [-0.4, -0.2) is 33.5 Å². The summed E-state index contributed by atoms with van der Waals surface area (Å²) in [5.41, 5.74) is 0.610. The van der Waals surface area contributed by atoms with E-state index in [4.69, 9.17) is 5.11 Å². The molecule has 0 aromatic rings. The average molecular weight is 435 g/mol. The van der Waals surface area contributed by atoms with Crippen molar-refractivity contribution < 1.29 is 20.1 Å². The minimum Gasteiger partial charge on any atom is -0.481 e. The number of carbonyl (C=O) groups is 1. The molecule has 4 aliphatic carbocycles. The van der Waals surface area contributed by atoms with Crippen LogP contribution in [0.5, 0.6) is 0 Å². The lowest BCUT2D eigenvalue weighted by atomic mass is 9.43. The molecule has 4 rings (SSSR count).